The Bertz CT molecular complexity index is 850. The molecule has 7 nitrogen and oxygen atoms in total. The van der Waals surface area contributed by atoms with Crippen molar-refractivity contribution in [3.63, 3.8) is 0 Å². The Balaban J connectivity index is 0.00000225. The van der Waals surface area contributed by atoms with Crippen molar-refractivity contribution in [1.82, 2.24) is 25.4 Å². The minimum atomic E-state index is 0. The van der Waals surface area contributed by atoms with Gasteiger partial charge < -0.3 is 15.5 Å². The van der Waals surface area contributed by atoms with Gasteiger partial charge in [-0.05, 0) is 37.5 Å². The Kier molecular flexibility index (Phi) is 6.93. The quantitative estimate of drug-likeness (QED) is 0.297. The van der Waals surface area contributed by atoms with E-state index in [1.54, 1.807) is 7.05 Å². The molecule has 2 N–H and O–H groups in total. The summed E-state index contributed by atoms with van der Waals surface area (Å²) < 4.78 is 2.01. The molecule has 28 heavy (non-hydrogen) atoms. The van der Waals surface area contributed by atoms with Gasteiger partial charge in [-0.1, -0.05) is 24.3 Å². The van der Waals surface area contributed by atoms with Crippen LogP contribution in [0.15, 0.2) is 41.4 Å². The molecule has 150 valence electrons. The molecule has 0 spiro atoms. The van der Waals surface area contributed by atoms with E-state index in [9.17, 15) is 0 Å². The van der Waals surface area contributed by atoms with E-state index in [1.165, 1.54) is 11.3 Å². The standard InChI is InChI=1S/C20H27N7.HI/c1-15-23-19-18(9-6-12-27(19)25-15)24-20(21-2)22-14-16-7-5-8-17(13-16)26-10-3-4-11-26;/h3-5,7-8,13,18H,6,9-12,14H2,1-2H3,(H2,21,22,24);1H. The van der Waals surface area contributed by atoms with Crippen molar-refractivity contribution < 1.29 is 0 Å². The number of benzene rings is 1. The molecule has 4 rings (SSSR count). The molecule has 0 radical (unpaired) electrons. The van der Waals surface area contributed by atoms with E-state index >= 15 is 0 Å². The van der Waals surface area contributed by atoms with Crippen molar-refractivity contribution in [1.29, 1.82) is 0 Å². The maximum absolute atomic E-state index is 4.59. The summed E-state index contributed by atoms with van der Waals surface area (Å²) in [4.78, 5) is 11.3. The summed E-state index contributed by atoms with van der Waals surface area (Å²) in [5.41, 5.74) is 2.50. The molecule has 0 bridgehead atoms. The van der Waals surface area contributed by atoms with E-state index in [2.05, 4.69) is 67.0 Å². The normalized spacial score (nSPS) is 18.6. The fraction of sp³-hybridized carbons (Fsp3) is 0.450. The largest absolute Gasteiger partial charge is 0.364 e. The highest BCUT2D eigenvalue weighted by molar-refractivity contribution is 14.0. The molecule has 1 aromatic heterocycles. The number of guanidine groups is 1. The van der Waals surface area contributed by atoms with Crippen LogP contribution in [0.2, 0.25) is 0 Å². The van der Waals surface area contributed by atoms with Crippen LogP contribution in [-0.2, 0) is 13.1 Å². The second-order valence-electron chi connectivity index (χ2n) is 7.05. The number of rotatable bonds is 4. The van der Waals surface area contributed by atoms with Crippen molar-refractivity contribution in [3.8, 4) is 0 Å². The molecule has 0 aliphatic carbocycles. The topological polar surface area (TPSA) is 70.4 Å². The number of nitrogens with zero attached hydrogens (tertiary/aromatic N) is 5. The number of nitrogens with one attached hydrogen (secondary N) is 2. The molecule has 2 aliphatic rings. The van der Waals surface area contributed by atoms with Crippen molar-refractivity contribution in [2.75, 3.05) is 25.0 Å². The summed E-state index contributed by atoms with van der Waals surface area (Å²) in [7, 11) is 1.81. The number of aliphatic imine (C=N–C) groups is 1. The van der Waals surface area contributed by atoms with Gasteiger partial charge in [0, 0.05) is 38.9 Å². The van der Waals surface area contributed by atoms with Crippen molar-refractivity contribution in [2.24, 2.45) is 4.99 Å². The van der Waals surface area contributed by atoms with Crippen LogP contribution in [-0.4, -0.2) is 40.9 Å². The zero-order valence-corrected chi connectivity index (χ0v) is 18.8. The summed E-state index contributed by atoms with van der Waals surface area (Å²) in [6.45, 7) is 5.59. The average molecular weight is 493 g/mol. The van der Waals surface area contributed by atoms with Crippen LogP contribution < -0.4 is 15.5 Å². The van der Waals surface area contributed by atoms with Crippen molar-refractivity contribution in [2.45, 2.75) is 38.9 Å². The molecule has 3 heterocycles. The van der Waals surface area contributed by atoms with E-state index in [-0.39, 0.29) is 30.0 Å². The Morgan fingerprint density at radius 1 is 1.29 bits per heavy atom. The van der Waals surface area contributed by atoms with Gasteiger partial charge in [-0.2, -0.15) is 5.10 Å². The molecule has 0 saturated carbocycles. The fourth-order valence-corrected chi connectivity index (χ4v) is 3.70. The number of aryl methyl sites for hydroxylation is 2. The first-order valence-corrected chi connectivity index (χ1v) is 9.60. The smallest absolute Gasteiger partial charge is 0.191 e. The van der Waals surface area contributed by atoms with E-state index in [0.717, 1.165) is 56.6 Å². The third-order valence-corrected chi connectivity index (χ3v) is 5.07. The summed E-state index contributed by atoms with van der Waals surface area (Å²) in [5, 5.41) is 11.4. The van der Waals surface area contributed by atoms with Crippen LogP contribution in [0.4, 0.5) is 5.69 Å². The maximum Gasteiger partial charge on any atom is 0.191 e. The number of hydrogen-bond acceptors (Lipinski definition) is 4. The number of anilines is 1. The first-order valence-electron chi connectivity index (χ1n) is 9.60. The molecule has 1 unspecified atom stereocenters. The van der Waals surface area contributed by atoms with E-state index < -0.39 is 0 Å². The van der Waals surface area contributed by atoms with Gasteiger partial charge in [-0.15, -0.1) is 24.0 Å². The zero-order chi connectivity index (χ0) is 18.6. The Hall–Kier alpha value is -2.10. The van der Waals surface area contributed by atoms with Crippen LogP contribution >= 0.6 is 24.0 Å². The molecular weight excluding hydrogens is 465 g/mol. The van der Waals surface area contributed by atoms with Gasteiger partial charge in [-0.3, -0.25) is 4.99 Å². The highest BCUT2D eigenvalue weighted by atomic mass is 127. The van der Waals surface area contributed by atoms with Crippen molar-refractivity contribution in [3.05, 3.63) is 53.6 Å². The Morgan fingerprint density at radius 3 is 2.89 bits per heavy atom. The predicted molar refractivity (Wildman–Crippen MR) is 123 cm³/mol. The maximum atomic E-state index is 4.59. The second kappa shape index (κ2) is 9.40. The van der Waals surface area contributed by atoms with Gasteiger partial charge >= 0.3 is 0 Å². The van der Waals surface area contributed by atoms with Gasteiger partial charge in [-0.25, -0.2) is 9.67 Å². The zero-order valence-electron chi connectivity index (χ0n) is 16.4. The summed E-state index contributed by atoms with van der Waals surface area (Å²) in [6.07, 6.45) is 6.55. The van der Waals surface area contributed by atoms with Crippen LogP contribution in [0.3, 0.4) is 0 Å². The van der Waals surface area contributed by atoms with E-state index in [0.29, 0.717) is 0 Å². The highest BCUT2D eigenvalue weighted by Gasteiger charge is 2.24. The van der Waals surface area contributed by atoms with Crippen LogP contribution in [0.5, 0.6) is 0 Å². The molecule has 8 heteroatoms. The monoisotopic (exact) mass is 493 g/mol. The van der Waals surface area contributed by atoms with Crippen LogP contribution in [0, 0.1) is 6.92 Å². The summed E-state index contributed by atoms with van der Waals surface area (Å²) in [6, 6.07) is 8.82. The number of halogens is 1. The lowest BCUT2D eigenvalue weighted by atomic mass is 10.1. The summed E-state index contributed by atoms with van der Waals surface area (Å²) in [5.74, 6) is 2.63. The van der Waals surface area contributed by atoms with Gasteiger partial charge in [0.2, 0.25) is 0 Å². The van der Waals surface area contributed by atoms with E-state index in [1.807, 2.05) is 11.6 Å². The second-order valence-corrected chi connectivity index (χ2v) is 7.05. The first-order chi connectivity index (χ1) is 13.2. The summed E-state index contributed by atoms with van der Waals surface area (Å²) >= 11 is 0. The van der Waals surface area contributed by atoms with Crippen LogP contribution in [0.25, 0.3) is 0 Å². The van der Waals surface area contributed by atoms with Gasteiger partial charge in [0.25, 0.3) is 0 Å². The highest BCUT2D eigenvalue weighted by Crippen LogP contribution is 2.23. The molecular formula is C20H28IN7. The Labute approximate surface area is 183 Å². The fourth-order valence-electron chi connectivity index (χ4n) is 3.70. The average Bonchev–Trinajstić information content (AvgIpc) is 3.34. The number of fused-ring (bicyclic) bond motifs is 1. The lowest BCUT2D eigenvalue weighted by Gasteiger charge is -2.25. The molecule has 1 atom stereocenters. The van der Waals surface area contributed by atoms with Gasteiger partial charge in [0.1, 0.15) is 11.6 Å². The first kappa shape index (κ1) is 20.6. The molecule has 2 aromatic rings. The van der Waals surface area contributed by atoms with E-state index in [4.69, 9.17) is 0 Å². The minimum Gasteiger partial charge on any atom is -0.364 e. The molecule has 0 amide bonds. The molecule has 2 aliphatic heterocycles. The SMILES string of the molecule is CN=C(NCc1cccc(N2CC=CC2)c1)NC1CCCn2nc(C)nc21.I. The van der Waals surface area contributed by atoms with Crippen LogP contribution in [0.1, 0.15) is 36.1 Å². The molecule has 0 saturated heterocycles. The predicted octanol–water partition coefficient (Wildman–Crippen LogP) is 2.78. The molecule has 1 aromatic carbocycles. The Morgan fingerprint density at radius 2 is 2.11 bits per heavy atom. The van der Waals surface area contributed by atoms with Crippen molar-refractivity contribution >= 4 is 35.6 Å². The minimum absolute atomic E-state index is 0. The lowest BCUT2D eigenvalue weighted by molar-refractivity contribution is 0.397. The third kappa shape index (κ3) is 4.65. The van der Waals surface area contributed by atoms with Gasteiger partial charge in [0.15, 0.2) is 5.96 Å². The lowest BCUT2D eigenvalue weighted by Crippen LogP contribution is -2.41. The number of aromatic nitrogens is 3. The number of hydrogen-bond donors (Lipinski definition) is 2. The third-order valence-electron chi connectivity index (χ3n) is 5.07. The molecule has 0 fully saturated rings. The van der Waals surface area contributed by atoms with Gasteiger partial charge in [0.05, 0.1) is 6.04 Å².